The number of allylic oxidation sites excluding steroid dienone is 1. The Kier molecular flexibility index (Phi) is 4.46. The molecule has 0 bridgehead atoms. The van der Waals surface area contributed by atoms with Crippen LogP contribution in [0.4, 0.5) is 0 Å². The Labute approximate surface area is 81.8 Å². The van der Waals surface area contributed by atoms with Gasteiger partial charge in [0.25, 0.3) is 0 Å². The van der Waals surface area contributed by atoms with Crippen molar-refractivity contribution >= 4 is 0 Å². The Bertz CT molecular complexity index is 163. The summed E-state index contributed by atoms with van der Waals surface area (Å²) in [5, 5.41) is 0. The highest BCUT2D eigenvalue weighted by molar-refractivity contribution is 4.89. The highest BCUT2D eigenvalue weighted by Gasteiger charge is 2.23. The van der Waals surface area contributed by atoms with Gasteiger partial charge in [-0.1, -0.05) is 18.6 Å². The van der Waals surface area contributed by atoms with Crippen LogP contribution in [-0.2, 0) is 0 Å². The molecular weight excluding hydrogens is 160 g/mol. The molecule has 0 saturated carbocycles. The molecule has 13 heavy (non-hydrogen) atoms. The van der Waals surface area contributed by atoms with Gasteiger partial charge in [0.05, 0.1) is 0 Å². The van der Waals surface area contributed by atoms with Gasteiger partial charge in [0.15, 0.2) is 0 Å². The van der Waals surface area contributed by atoms with Crippen LogP contribution in [0, 0.1) is 0 Å². The second-order valence-corrected chi connectivity index (χ2v) is 3.99. The molecule has 1 heterocycles. The van der Waals surface area contributed by atoms with Crippen molar-refractivity contribution in [2.24, 2.45) is 5.73 Å². The molecule has 2 nitrogen and oxygen atoms in total. The summed E-state index contributed by atoms with van der Waals surface area (Å²) >= 11 is 0. The van der Waals surface area contributed by atoms with E-state index in [1.54, 1.807) is 0 Å². The van der Waals surface area contributed by atoms with Crippen molar-refractivity contribution in [3.05, 3.63) is 12.2 Å². The molecule has 0 spiro atoms. The molecule has 2 atom stereocenters. The molecule has 2 heteroatoms. The Morgan fingerprint density at radius 3 is 2.92 bits per heavy atom. The number of nitrogens with two attached hydrogens (primary N) is 1. The van der Waals surface area contributed by atoms with Gasteiger partial charge in [-0.3, -0.25) is 4.90 Å². The Balaban J connectivity index is 2.46. The number of piperidine rings is 1. The fraction of sp³-hybridized carbons (Fsp3) is 0.818. The van der Waals surface area contributed by atoms with E-state index in [2.05, 4.69) is 30.9 Å². The first-order chi connectivity index (χ1) is 6.25. The average molecular weight is 182 g/mol. The van der Waals surface area contributed by atoms with Gasteiger partial charge in [0, 0.05) is 18.6 Å². The lowest BCUT2D eigenvalue weighted by molar-refractivity contribution is 0.146. The van der Waals surface area contributed by atoms with Crippen LogP contribution in [0.5, 0.6) is 0 Å². The third-order valence-electron chi connectivity index (χ3n) is 2.85. The molecule has 0 aromatic carbocycles. The van der Waals surface area contributed by atoms with Crippen LogP contribution in [0.3, 0.4) is 0 Å². The van der Waals surface area contributed by atoms with Gasteiger partial charge in [0.1, 0.15) is 0 Å². The number of hydrogen-bond acceptors (Lipinski definition) is 2. The lowest BCUT2D eigenvalue weighted by Gasteiger charge is -2.37. The van der Waals surface area contributed by atoms with E-state index in [1.807, 2.05) is 0 Å². The maximum Gasteiger partial charge on any atom is 0.0247 e. The van der Waals surface area contributed by atoms with E-state index >= 15 is 0 Å². The Morgan fingerprint density at radius 2 is 2.31 bits per heavy atom. The van der Waals surface area contributed by atoms with Crippen LogP contribution in [-0.4, -0.2) is 30.1 Å². The van der Waals surface area contributed by atoms with E-state index in [-0.39, 0.29) is 0 Å². The number of nitrogens with zero attached hydrogens (tertiary/aromatic N) is 1. The maximum absolute atomic E-state index is 5.96. The van der Waals surface area contributed by atoms with Gasteiger partial charge in [-0.2, -0.15) is 0 Å². The number of likely N-dealkylation sites (tertiary alicyclic amines) is 1. The predicted octanol–water partition coefficient (Wildman–Crippen LogP) is 1.76. The van der Waals surface area contributed by atoms with Crippen LogP contribution in [0.25, 0.3) is 0 Å². The maximum atomic E-state index is 5.96. The smallest absolute Gasteiger partial charge is 0.0247 e. The number of rotatable bonds is 3. The van der Waals surface area contributed by atoms with Gasteiger partial charge in [-0.05, 0) is 33.2 Å². The first-order valence-corrected chi connectivity index (χ1v) is 5.36. The van der Waals surface area contributed by atoms with Crippen LogP contribution < -0.4 is 5.73 Å². The first-order valence-electron chi connectivity index (χ1n) is 5.36. The summed E-state index contributed by atoms with van der Waals surface area (Å²) in [6.07, 6.45) is 8.29. The molecule has 1 rings (SSSR count). The molecule has 2 unspecified atom stereocenters. The molecule has 0 aromatic heterocycles. The lowest BCUT2D eigenvalue weighted by Crippen LogP contribution is -2.49. The molecular formula is C11H22N2. The van der Waals surface area contributed by atoms with Crippen molar-refractivity contribution in [1.29, 1.82) is 0 Å². The molecule has 0 amide bonds. The molecule has 76 valence electrons. The van der Waals surface area contributed by atoms with Gasteiger partial charge >= 0.3 is 0 Å². The molecule has 1 aliphatic heterocycles. The van der Waals surface area contributed by atoms with Crippen LogP contribution >= 0.6 is 0 Å². The van der Waals surface area contributed by atoms with Crippen molar-refractivity contribution in [3.63, 3.8) is 0 Å². The molecule has 0 aliphatic carbocycles. The zero-order valence-corrected chi connectivity index (χ0v) is 8.87. The fourth-order valence-electron chi connectivity index (χ4n) is 2.08. The van der Waals surface area contributed by atoms with Gasteiger partial charge < -0.3 is 5.73 Å². The molecule has 0 radical (unpaired) electrons. The highest BCUT2D eigenvalue weighted by Crippen LogP contribution is 2.18. The van der Waals surface area contributed by atoms with E-state index in [0.717, 1.165) is 6.54 Å². The van der Waals surface area contributed by atoms with Crippen molar-refractivity contribution in [2.75, 3.05) is 13.1 Å². The van der Waals surface area contributed by atoms with Crippen molar-refractivity contribution < 1.29 is 0 Å². The summed E-state index contributed by atoms with van der Waals surface area (Å²) in [6.45, 7) is 6.49. The summed E-state index contributed by atoms with van der Waals surface area (Å²) < 4.78 is 0. The Hall–Kier alpha value is -0.340. The van der Waals surface area contributed by atoms with Crippen LogP contribution in [0.1, 0.15) is 33.1 Å². The summed E-state index contributed by atoms with van der Waals surface area (Å²) in [6, 6.07) is 0.913. The zero-order valence-electron chi connectivity index (χ0n) is 8.87. The van der Waals surface area contributed by atoms with Gasteiger partial charge in [0.2, 0.25) is 0 Å². The van der Waals surface area contributed by atoms with E-state index in [1.165, 1.54) is 25.8 Å². The number of hydrogen-bond donors (Lipinski definition) is 1. The largest absolute Gasteiger partial charge is 0.327 e. The predicted molar refractivity (Wildman–Crippen MR) is 57.7 cm³/mol. The Morgan fingerprint density at radius 1 is 1.54 bits per heavy atom. The minimum atomic E-state index is 0.311. The first kappa shape index (κ1) is 10.7. The second kappa shape index (κ2) is 5.40. The van der Waals surface area contributed by atoms with E-state index in [0.29, 0.717) is 12.1 Å². The summed E-state index contributed by atoms with van der Waals surface area (Å²) in [5.41, 5.74) is 5.96. The highest BCUT2D eigenvalue weighted by atomic mass is 15.2. The summed E-state index contributed by atoms with van der Waals surface area (Å²) in [4.78, 5) is 2.51. The second-order valence-electron chi connectivity index (χ2n) is 3.99. The SMILES string of the molecule is CC=CCN1CCCCC1C(C)N. The zero-order chi connectivity index (χ0) is 9.68. The minimum Gasteiger partial charge on any atom is -0.327 e. The third kappa shape index (κ3) is 3.12. The third-order valence-corrected chi connectivity index (χ3v) is 2.85. The molecule has 1 fully saturated rings. The van der Waals surface area contributed by atoms with Crippen molar-refractivity contribution in [1.82, 2.24) is 4.90 Å². The molecule has 0 aromatic rings. The van der Waals surface area contributed by atoms with Crippen LogP contribution in [0.2, 0.25) is 0 Å². The van der Waals surface area contributed by atoms with E-state index in [9.17, 15) is 0 Å². The van der Waals surface area contributed by atoms with E-state index < -0.39 is 0 Å². The summed E-state index contributed by atoms with van der Waals surface area (Å²) in [7, 11) is 0. The fourth-order valence-corrected chi connectivity index (χ4v) is 2.08. The van der Waals surface area contributed by atoms with Crippen molar-refractivity contribution in [2.45, 2.75) is 45.2 Å². The van der Waals surface area contributed by atoms with E-state index in [4.69, 9.17) is 5.73 Å². The monoisotopic (exact) mass is 182 g/mol. The van der Waals surface area contributed by atoms with Gasteiger partial charge in [-0.15, -0.1) is 0 Å². The topological polar surface area (TPSA) is 29.3 Å². The molecule has 1 aliphatic rings. The van der Waals surface area contributed by atoms with Crippen molar-refractivity contribution in [3.8, 4) is 0 Å². The normalized spacial score (nSPS) is 28.1. The van der Waals surface area contributed by atoms with Gasteiger partial charge in [-0.25, -0.2) is 0 Å². The van der Waals surface area contributed by atoms with Crippen LogP contribution in [0.15, 0.2) is 12.2 Å². The molecule has 2 N–H and O–H groups in total. The minimum absolute atomic E-state index is 0.311. The molecule has 1 saturated heterocycles. The quantitative estimate of drug-likeness (QED) is 0.674. The average Bonchev–Trinajstić information content (AvgIpc) is 2.15. The standard InChI is InChI=1S/C11H22N2/c1-3-4-8-13-9-6-5-7-11(13)10(2)12/h3-4,10-11H,5-9,12H2,1-2H3. The summed E-state index contributed by atoms with van der Waals surface area (Å²) in [5.74, 6) is 0. The lowest BCUT2D eigenvalue weighted by atomic mass is 9.97.